The highest BCUT2D eigenvalue weighted by Crippen LogP contribution is 2.16. The molecule has 1 aliphatic rings. The normalized spacial score (nSPS) is 21.8. The van der Waals surface area contributed by atoms with Crippen molar-refractivity contribution in [2.24, 2.45) is 5.92 Å². The third-order valence-electron chi connectivity index (χ3n) is 3.56. The molecule has 1 fully saturated rings. The van der Waals surface area contributed by atoms with Crippen LogP contribution in [0, 0.1) is 5.92 Å². The summed E-state index contributed by atoms with van der Waals surface area (Å²) >= 11 is 0. The van der Waals surface area contributed by atoms with E-state index in [1.807, 2.05) is 0 Å². The van der Waals surface area contributed by atoms with E-state index in [0.717, 1.165) is 5.92 Å². The van der Waals surface area contributed by atoms with Gasteiger partial charge in [-0.3, -0.25) is 0 Å². The van der Waals surface area contributed by atoms with Crippen LogP contribution < -0.4 is 5.32 Å². The Balaban J connectivity index is 1.97. The van der Waals surface area contributed by atoms with Gasteiger partial charge in [-0.2, -0.15) is 0 Å². The lowest BCUT2D eigenvalue weighted by Gasteiger charge is -2.16. The van der Waals surface area contributed by atoms with E-state index < -0.39 is 0 Å². The topological polar surface area (TPSA) is 15.3 Å². The Kier molecular flexibility index (Phi) is 7.87. The molecule has 1 N–H and O–H groups in total. The van der Waals surface area contributed by atoms with Crippen molar-refractivity contribution < 1.29 is 0 Å². The van der Waals surface area contributed by atoms with Crippen LogP contribution in [-0.4, -0.2) is 37.6 Å². The number of unbranched alkanes of at least 4 members (excludes halogenated alkanes) is 3. The molecule has 16 heavy (non-hydrogen) atoms. The summed E-state index contributed by atoms with van der Waals surface area (Å²) in [6.45, 7) is 11.0. The Morgan fingerprint density at radius 2 is 2.00 bits per heavy atom. The fourth-order valence-corrected chi connectivity index (χ4v) is 2.53. The molecular weight excluding hydrogens is 196 g/mol. The molecule has 0 saturated carbocycles. The van der Waals surface area contributed by atoms with Crippen molar-refractivity contribution in [3.05, 3.63) is 0 Å². The summed E-state index contributed by atoms with van der Waals surface area (Å²) in [7, 11) is 0. The second-order valence-corrected chi connectivity index (χ2v) is 5.22. The number of nitrogens with zero attached hydrogens (tertiary/aromatic N) is 1. The minimum Gasteiger partial charge on any atom is -0.316 e. The molecule has 0 radical (unpaired) electrons. The minimum absolute atomic E-state index is 0.915. The van der Waals surface area contributed by atoms with Crippen molar-refractivity contribution in [3.8, 4) is 0 Å². The van der Waals surface area contributed by atoms with Crippen LogP contribution >= 0.6 is 0 Å². The summed E-state index contributed by atoms with van der Waals surface area (Å²) in [6.07, 6.45) is 8.26. The third-order valence-corrected chi connectivity index (χ3v) is 3.56. The number of hydrogen-bond donors (Lipinski definition) is 1. The van der Waals surface area contributed by atoms with Gasteiger partial charge in [0.2, 0.25) is 0 Å². The average Bonchev–Trinajstić information content (AvgIpc) is 2.73. The molecule has 1 heterocycles. The number of rotatable bonds is 9. The number of likely N-dealkylation sites (tertiary alicyclic amines) is 1. The van der Waals surface area contributed by atoms with Gasteiger partial charge in [-0.05, 0) is 51.4 Å². The molecule has 96 valence electrons. The second kappa shape index (κ2) is 9.00. The van der Waals surface area contributed by atoms with Crippen molar-refractivity contribution in [2.75, 3.05) is 32.7 Å². The van der Waals surface area contributed by atoms with Gasteiger partial charge < -0.3 is 10.2 Å². The van der Waals surface area contributed by atoms with Gasteiger partial charge in [0.05, 0.1) is 0 Å². The molecule has 1 saturated heterocycles. The van der Waals surface area contributed by atoms with Crippen LogP contribution in [0.15, 0.2) is 0 Å². The Bertz CT molecular complexity index is 159. The molecule has 0 aliphatic carbocycles. The first-order valence-corrected chi connectivity index (χ1v) is 7.29. The summed E-state index contributed by atoms with van der Waals surface area (Å²) < 4.78 is 0. The first-order valence-electron chi connectivity index (χ1n) is 7.29. The second-order valence-electron chi connectivity index (χ2n) is 5.22. The van der Waals surface area contributed by atoms with Crippen LogP contribution in [0.25, 0.3) is 0 Å². The highest BCUT2D eigenvalue weighted by Gasteiger charge is 2.20. The zero-order valence-corrected chi connectivity index (χ0v) is 11.3. The Hall–Kier alpha value is -0.0800. The quantitative estimate of drug-likeness (QED) is 0.608. The predicted octanol–water partition coefficient (Wildman–Crippen LogP) is 2.89. The smallest absolute Gasteiger partial charge is 0.00223 e. The largest absolute Gasteiger partial charge is 0.316 e. The van der Waals surface area contributed by atoms with E-state index in [0.29, 0.717) is 0 Å². The van der Waals surface area contributed by atoms with Gasteiger partial charge in [-0.25, -0.2) is 0 Å². The van der Waals surface area contributed by atoms with Crippen molar-refractivity contribution in [3.63, 3.8) is 0 Å². The predicted molar refractivity (Wildman–Crippen MR) is 71.8 cm³/mol. The maximum Gasteiger partial charge on any atom is 0.00223 e. The zero-order chi connectivity index (χ0) is 11.6. The highest BCUT2D eigenvalue weighted by molar-refractivity contribution is 4.76. The maximum atomic E-state index is 3.55. The van der Waals surface area contributed by atoms with E-state index in [9.17, 15) is 0 Å². The SMILES string of the molecule is CCCCCCN1CCC(CNCCC)C1. The molecule has 0 aromatic heterocycles. The molecule has 0 spiro atoms. The van der Waals surface area contributed by atoms with Gasteiger partial charge in [0.25, 0.3) is 0 Å². The molecule has 0 bridgehead atoms. The van der Waals surface area contributed by atoms with Gasteiger partial charge in [0.15, 0.2) is 0 Å². The summed E-state index contributed by atoms with van der Waals surface area (Å²) in [6, 6.07) is 0. The molecule has 0 amide bonds. The molecule has 1 rings (SSSR count). The lowest BCUT2D eigenvalue weighted by molar-refractivity contribution is 0.313. The first-order chi connectivity index (χ1) is 7.86. The summed E-state index contributed by atoms with van der Waals surface area (Å²) in [5.41, 5.74) is 0. The van der Waals surface area contributed by atoms with Crippen LogP contribution in [0.2, 0.25) is 0 Å². The standard InChI is InChI=1S/C14H30N2/c1-3-5-6-7-10-16-11-8-14(13-16)12-15-9-4-2/h14-15H,3-13H2,1-2H3. The maximum absolute atomic E-state index is 3.55. The van der Waals surface area contributed by atoms with Crippen molar-refractivity contribution in [2.45, 2.75) is 52.4 Å². The lowest BCUT2D eigenvalue weighted by atomic mass is 10.1. The third kappa shape index (κ3) is 5.86. The molecule has 2 nitrogen and oxygen atoms in total. The van der Waals surface area contributed by atoms with Gasteiger partial charge in [0.1, 0.15) is 0 Å². The summed E-state index contributed by atoms with van der Waals surface area (Å²) in [5.74, 6) is 0.915. The summed E-state index contributed by atoms with van der Waals surface area (Å²) in [4.78, 5) is 2.66. The molecule has 0 aromatic rings. The molecule has 2 heteroatoms. The van der Waals surface area contributed by atoms with Gasteiger partial charge >= 0.3 is 0 Å². The first kappa shape index (κ1) is 14.0. The molecule has 1 atom stereocenters. The van der Waals surface area contributed by atoms with Crippen LogP contribution in [0.4, 0.5) is 0 Å². The van der Waals surface area contributed by atoms with Crippen molar-refractivity contribution in [1.29, 1.82) is 0 Å². The number of nitrogens with one attached hydrogen (secondary N) is 1. The van der Waals surface area contributed by atoms with E-state index in [4.69, 9.17) is 0 Å². The monoisotopic (exact) mass is 226 g/mol. The summed E-state index contributed by atoms with van der Waals surface area (Å²) in [5, 5.41) is 3.55. The van der Waals surface area contributed by atoms with E-state index in [1.54, 1.807) is 0 Å². The van der Waals surface area contributed by atoms with Crippen LogP contribution in [-0.2, 0) is 0 Å². The molecular formula is C14H30N2. The Morgan fingerprint density at radius 1 is 1.12 bits per heavy atom. The van der Waals surface area contributed by atoms with Crippen LogP contribution in [0.1, 0.15) is 52.4 Å². The van der Waals surface area contributed by atoms with E-state index in [-0.39, 0.29) is 0 Å². The van der Waals surface area contributed by atoms with E-state index in [1.165, 1.54) is 71.2 Å². The Morgan fingerprint density at radius 3 is 2.75 bits per heavy atom. The van der Waals surface area contributed by atoms with Gasteiger partial charge in [-0.15, -0.1) is 0 Å². The van der Waals surface area contributed by atoms with Crippen molar-refractivity contribution >= 4 is 0 Å². The highest BCUT2D eigenvalue weighted by atomic mass is 15.1. The number of hydrogen-bond acceptors (Lipinski definition) is 2. The fourth-order valence-electron chi connectivity index (χ4n) is 2.53. The fraction of sp³-hybridized carbons (Fsp3) is 1.00. The van der Waals surface area contributed by atoms with Crippen molar-refractivity contribution in [1.82, 2.24) is 10.2 Å². The minimum atomic E-state index is 0.915. The molecule has 1 aliphatic heterocycles. The Labute approximate surface area is 102 Å². The van der Waals surface area contributed by atoms with Crippen LogP contribution in [0.3, 0.4) is 0 Å². The van der Waals surface area contributed by atoms with Gasteiger partial charge in [-0.1, -0.05) is 33.1 Å². The average molecular weight is 226 g/mol. The van der Waals surface area contributed by atoms with E-state index in [2.05, 4.69) is 24.1 Å². The molecule has 1 unspecified atom stereocenters. The van der Waals surface area contributed by atoms with Gasteiger partial charge in [0, 0.05) is 6.54 Å². The lowest BCUT2D eigenvalue weighted by Crippen LogP contribution is -2.27. The van der Waals surface area contributed by atoms with E-state index >= 15 is 0 Å². The van der Waals surface area contributed by atoms with Crippen LogP contribution in [0.5, 0.6) is 0 Å². The zero-order valence-electron chi connectivity index (χ0n) is 11.3. The molecule has 0 aromatic carbocycles.